The zero-order valence-corrected chi connectivity index (χ0v) is 15.7. The number of ether oxygens (including phenoxy) is 1. The van der Waals surface area contributed by atoms with Gasteiger partial charge in [-0.3, -0.25) is 4.79 Å². The minimum Gasteiger partial charge on any atom is -0.462 e. The van der Waals surface area contributed by atoms with E-state index < -0.39 is 0 Å². The molecule has 0 radical (unpaired) electrons. The Labute approximate surface area is 147 Å². The van der Waals surface area contributed by atoms with Gasteiger partial charge in [0.2, 0.25) is 0 Å². The molecule has 5 aliphatic carbocycles. The fourth-order valence-electron chi connectivity index (χ4n) is 8.60. The summed E-state index contributed by atoms with van der Waals surface area (Å²) >= 11 is 0. The van der Waals surface area contributed by atoms with Gasteiger partial charge in [0.25, 0.3) is 0 Å². The summed E-state index contributed by atoms with van der Waals surface area (Å²) in [5.74, 6) is 5.74. The molecular weight excluding hydrogens is 296 g/mol. The lowest BCUT2D eigenvalue weighted by atomic mass is 9.45. The van der Waals surface area contributed by atoms with Crippen LogP contribution in [-0.2, 0) is 9.53 Å². The highest BCUT2D eigenvalue weighted by Gasteiger charge is 2.68. The first-order valence-electron chi connectivity index (χ1n) is 10.6. The average molecular weight is 331 g/mol. The van der Waals surface area contributed by atoms with Gasteiger partial charge in [0.05, 0.1) is 0 Å². The molecule has 5 saturated carbocycles. The Hall–Kier alpha value is -0.530. The molecule has 0 aromatic heterocycles. The van der Waals surface area contributed by atoms with Crippen molar-refractivity contribution in [3.8, 4) is 0 Å². The van der Waals surface area contributed by atoms with Gasteiger partial charge in [0, 0.05) is 12.3 Å². The molecule has 9 atom stereocenters. The quantitative estimate of drug-likeness (QED) is 0.617. The molecule has 2 nitrogen and oxygen atoms in total. The lowest BCUT2D eigenvalue weighted by Crippen LogP contribution is -2.54. The summed E-state index contributed by atoms with van der Waals surface area (Å²) in [5, 5.41) is 0. The molecule has 0 aliphatic heterocycles. The van der Waals surface area contributed by atoms with Crippen LogP contribution in [0.4, 0.5) is 0 Å². The number of hydrogen-bond donors (Lipinski definition) is 0. The van der Waals surface area contributed by atoms with Crippen LogP contribution in [0, 0.1) is 46.3 Å². The van der Waals surface area contributed by atoms with Crippen LogP contribution in [0.15, 0.2) is 0 Å². The molecule has 2 heteroatoms. The lowest BCUT2D eigenvalue weighted by molar-refractivity contribution is -0.162. The van der Waals surface area contributed by atoms with Gasteiger partial charge in [-0.05, 0) is 85.9 Å². The Morgan fingerprint density at radius 3 is 2.46 bits per heavy atom. The summed E-state index contributed by atoms with van der Waals surface area (Å²) in [6, 6.07) is 0. The van der Waals surface area contributed by atoms with E-state index in [1.165, 1.54) is 51.4 Å². The fourth-order valence-corrected chi connectivity index (χ4v) is 8.60. The van der Waals surface area contributed by atoms with Crippen LogP contribution in [-0.4, -0.2) is 12.1 Å². The second kappa shape index (κ2) is 5.01. The van der Waals surface area contributed by atoms with Gasteiger partial charge in [-0.25, -0.2) is 0 Å². The standard InChI is InChI=1S/C22H34O2/c1-13(23)24-19-8-7-17-20-15-12-14(15)16-6-4-5-10-21(16,2)18(20)9-11-22(17,19)3/h14-20H,4-12H2,1-3H3/t14-,15+,16+,17-,18-,19-,20-,21-,22-/m0/s1. The highest BCUT2D eigenvalue weighted by atomic mass is 16.5. The Morgan fingerprint density at radius 1 is 0.875 bits per heavy atom. The molecule has 134 valence electrons. The number of rotatable bonds is 1. The Morgan fingerprint density at radius 2 is 1.67 bits per heavy atom. The number of carbonyl (C=O) groups excluding carboxylic acids is 1. The Kier molecular flexibility index (Phi) is 3.28. The molecule has 0 saturated heterocycles. The molecule has 0 N–H and O–H groups in total. The van der Waals surface area contributed by atoms with Crippen LogP contribution in [0.3, 0.4) is 0 Å². The first-order valence-corrected chi connectivity index (χ1v) is 10.6. The zero-order chi connectivity index (χ0) is 16.7. The topological polar surface area (TPSA) is 26.3 Å². The monoisotopic (exact) mass is 330 g/mol. The number of carbonyl (C=O) groups is 1. The Balaban J connectivity index is 1.47. The number of fused-ring (bicyclic) bond motifs is 8. The molecule has 0 aromatic carbocycles. The van der Waals surface area contributed by atoms with E-state index in [0.717, 1.165) is 41.9 Å². The van der Waals surface area contributed by atoms with Crippen molar-refractivity contribution in [1.82, 2.24) is 0 Å². The van der Waals surface area contributed by atoms with E-state index in [2.05, 4.69) is 13.8 Å². The SMILES string of the molecule is CC(=O)O[C@H]1CC[C@H]2[C@@H]3[C@@H]4C[C@@H]4[C@H]4CCCC[C@]4(C)[C@H]3CC[C@]12C. The van der Waals surface area contributed by atoms with Gasteiger partial charge in [0.15, 0.2) is 0 Å². The predicted octanol–water partition coefficient (Wildman–Crippen LogP) is 5.21. The number of esters is 1. The van der Waals surface area contributed by atoms with Crippen molar-refractivity contribution >= 4 is 5.97 Å². The third-order valence-electron chi connectivity index (χ3n) is 9.63. The maximum Gasteiger partial charge on any atom is 0.302 e. The molecule has 0 spiro atoms. The van der Waals surface area contributed by atoms with Gasteiger partial charge in [-0.1, -0.05) is 26.7 Å². The molecule has 0 heterocycles. The van der Waals surface area contributed by atoms with E-state index in [4.69, 9.17) is 4.74 Å². The summed E-state index contributed by atoms with van der Waals surface area (Å²) in [5.41, 5.74) is 0.888. The van der Waals surface area contributed by atoms with Crippen LogP contribution in [0.25, 0.3) is 0 Å². The molecular formula is C22H34O2. The molecule has 5 aliphatic rings. The van der Waals surface area contributed by atoms with E-state index in [9.17, 15) is 4.79 Å². The highest BCUT2D eigenvalue weighted by Crippen LogP contribution is 2.74. The van der Waals surface area contributed by atoms with Crippen molar-refractivity contribution in [3.05, 3.63) is 0 Å². The van der Waals surface area contributed by atoms with Crippen LogP contribution in [0.5, 0.6) is 0 Å². The van der Waals surface area contributed by atoms with Crippen molar-refractivity contribution in [2.24, 2.45) is 46.3 Å². The molecule has 0 amide bonds. The largest absolute Gasteiger partial charge is 0.462 e. The Bertz CT molecular complexity index is 556. The maximum atomic E-state index is 11.6. The molecule has 5 fully saturated rings. The van der Waals surface area contributed by atoms with Crippen LogP contribution in [0.1, 0.15) is 78.6 Å². The van der Waals surface area contributed by atoms with E-state index in [1.807, 2.05) is 0 Å². The second-order valence-electron chi connectivity index (χ2n) is 10.4. The van der Waals surface area contributed by atoms with Crippen molar-refractivity contribution in [2.45, 2.75) is 84.7 Å². The minimum atomic E-state index is -0.0729. The molecule has 0 aromatic rings. The summed E-state index contributed by atoms with van der Waals surface area (Å²) in [7, 11) is 0. The summed E-state index contributed by atoms with van der Waals surface area (Å²) < 4.78 is 5.81. The summed E-state index contributed by atoms with van der Waals surface area (Å²) in [6.07, 6.45) is 12.8. The number of hydrogen-bond acceptors (Lipinski definition) is 2. The third-order valence-corrected chi connectivity index (χ3v) is 9.63. The van der Waals surface area contributed by atoms with Gasteiger partial charge in [0.1, 0.15) is 6.10 Å². The van der Waals surface area contributed by atoms with E-state index in [0.29, 0.717) is 5.41 Å². The average Bonchev–Trinajstić information content (AvgIpc) is 3.25. The van der Waals surface area contributed by atoms with Crippen molar-refractivity contribution in [1.29, 1.82) is 0 Å². The normalized spacial score (nSPS) is 58.0. The van der Waals surface area contributed by atoms with E-state index >= 15 is 0 Å². The van der Waals surface area contributed by atoms with E-state index in [1.54, 1.807) is 6.92 Å². The van der Waals surface area contributed by atoms with E-state index in [-0.39, 0.29) is 17.5 Å². The molecule has 0 unspecified atom stereocenters. The molecule has 5 rings (SSSR count). The predicted molar refractivity (Wildman–Crippen MR) is 94.3 cm³/mol. The minimum absolute atomic E-state index is 0.0729. The second-order valence-corrected chi connectivity index (χ2v) is 10.4. The summed E-state index contributed by atoms with van der Waals surface area (Å²) in [6.45, 7) is 6.72. The van der Waals surface area contributed by atoms with Gasteiger partial charge < -0.3 is 4.74 Å². The molecule has 24 heavy (non-hydrogen) atoms. The first-order chi connectivity index (χ1) is 11.4. The van der Waals surface area contributed by atoms with Gasteiger partial charge >= 0.3 is 5.97 Å². The van der Waals surface area contributed by atoms with Gasteiger partial charge in [-0.15, -0.1) is 0 Å². The van der Waals surface area contributed by atoms with Crippen molar-refractivity contribution < 1.29 is 9.53 Å². The van der Waals surface area contributed by atoms with Gasteiger partial charge in [-0.2, -0.15) is 0 Å². The zero-order valence-electron chi connectivity index (χ0n) is 15.7. The lowest BCUT2D eigenvalue weighted by Gasteiger charge is -2.60. The summed E-state index contributed by atoms with van der Waals surface area (Å²) in [4.78, 5) is 11.6. The molecule has 0 bridgehead atoms. The smallest absolute Gasteiger partial charge is 0.302 e. The highest BCUT2D eigenvalue weighted by molar-refractivity contribution is 5.66. The third kappa shape index (κ3) is 1.92. The van der Waals surface area contributed by atoms with Crippen LogP contribution < -0.4 is 0 Å². The van der Waals surface area contributed by atoms with Crippen molar-refractivity contribution in [2.75, 3.05) is 0 Å². The first kappa shape index (κ1) is 15.7. The maximum absolute atomic E-state index is 11.6. The fraction of sp³-hybridized carbons (Fsp3) is 0.955. The van der Waals surface area contributed by atoms with Crippen LogP contribution >= 0.6 is 0 Å². The van der Waals surface area contributed by atoms with Crippen molar-refractivity contribution in [3.63, 3.8) is 0 Å². The van der Waals surface area contributed by atoms with Crippen LogP contribution in [0.2, 0.25) is 0 Å².